The highest BCUT2D eigenvalue weighted by atomic mass is 79.9. The van der Waals surface area contributed by atoms with E-state index < -0.39 is 0 Å². The normalized spacial score (nSPS) is 12.7. The summed E-state index contributed by atoms with van der Waals surface area (Å²) in [5.74, 6) is 0. The molecule has 1 aromatic carbocycles. The first kappa shape index (κ1) is 12.7. The van der Waals surface area contributed by atoms with Crippen molar-refractivity contribution in [3.63, 3.8) is 0 Å². The second-order valence-electron chi connectivity index (χ2n) is 4.31. The molecule has 0 saturated carbocycles. The number of nitrogens with zero attached hydrogens (tertiary/aromatic N) is 2. The van der Waals surface area contributed by atoms with E-state index in [1.807, 2.05) is 18.2 Å². The molecule has 0 aliphatic heterocycles. The Morgan fingerprint density at radius 1 is 1.16 bits per heavy atom. The number of hydrogen-bond acceptors (Lipinski definition) is 4. The second-order valence-corrected chi connectivity index (χ2v) is 6.16. The van der Waals surface area contributed by atoms with Gasteiger partial charge < -0.3 is 5.73 Å². The van der Waals surface area contributed by atoms with Gasteiger partial charge in [0.1, 0.15) is 0 Å². The quantitative estimate of drug-likeness (QED) is 0.795. The fourth-order valence-electron chi connectivity index (χ4n) is 2.00. The average molecular weight is 334 g/mol. The lowest BCUT2D eigenvalue weighted by atomic mass is 10.0. The lowest BCUT2D eigenvalue weighted by Gasteiger charge is -2.11. The van der Waals surface area contributed by atoms with E-state index in [0.29, 0.717) is 0 Å². The number of thiophene rings is 1. The molecule has 1 unspecified atom stereocenters. The first-order chi connectivity index (χ1) is 9.24. The minimum Gasteiger partial charge on any atom is -0.324 e. The number of aromatic nitrogens is 2. The van der Waals surface area contributed by atoms with E-state index in [2.05, 4.69) is 37.3 Å². The molecule has 0 radical (unpaired) electrons. The summed E-state index contributed by atoms with van der Waals surface area (Å²) in [4.78, 5) is 9.85. The molecule has 0 bridgehead atoms. The third kappa shape index (κ3) is 2.68. The molecule has 3 aromatic rings. The number of fused-ring (bicyclic) bond motifs is 1. The first-order valence-corrected chi connectivity index (χ1v) is 7.59. The Labute approximate surface area is 123 Å². The summed E-state index contributed by atoms with van der Waals surface area (Å²) in [6, 6.07) is 8.05. The molecule has 2 N–H and O–H groups in total. The van der Waals surface area contributed by atoms with E-state index in [4.69, 9.17) is 5.73 Å². The molecule has 3 nitrogen and oxygen atoms in total. The van der Waals surface area contributed by atoms with Gasteiger partial charge in [-0.25, -0.2) is 0 Å². The van der Waals surface area contributed by atoms with Gasteiger partial charge in [0.15, 0.2) is 0 Å². The molecular formula is C14H12BrN3S. The molecule has 0 spiro atoms. The molecule has 2 aromatic heterocycles. The van der Waals surface area contributed by atoms with Gasteiger partial charge in [-0.1, -0.05) is 6.07 Å². The van der Waals surface area contributed by atoms with Crippen LogP contribution in [0, 0.1) is 0 Å². The van der Waals surface area contributed by atoms with Crippen LogP contribution in [-0.4, -0.2) is 9.97 Å². The first-order valence-electron chi connectivity index (χ1n) is 5.92. The summed E-state index contributed by atoms with van der Waals surface area (Å²) < 4.78 is 1.13. The van der Waals surface area contributed by atoms with Crippen LogP contribution in [0.5, 0.6) is 0 Å². The van der Waals surface area contributed by atoms with Crippen molar-refractivity contribution in [1.82, 2.24) is 9.97 Å². The number of nitrogens with two attached hydrogens (primary N) is 1. The molecule has 1 atom stereocenters. The zero-order valence-electron chi connectivity index (χ0n) is 10.1. The van der Waals surface area contributed by atoms with E-state index in [9.17, 15) is 0 Å². The van der Waals surface area contributed by atoms with Gasteiger partial charge in [-0.2, -0.15) is 0 Å². The molecule has 5 heteroatoms. The topological polar surface area (TPSA) is 51.8 Å². The van der Waals surface area contributed by atoms with E-state index in [0.717, 1.165) is 27.5 Å². The number of benzene rings is 1. The van der Waals surface area contributed by atoms with Crippen LogP contribution < -0.4 is 5.73 Å². The Balaban J connectivity index is 1.89. The van der Waals surface area contributed by atoms with E-state index in [1.165, 1.54) is 4.88 Å². The molecule has 0 saturated heterocycles. The highest BCUT2D eigenvalue weighted by Gasteiger charge is 2.11. The van der Waals surface area contributed by atoms with E-state index in [1.54, 1.807) is 23.7 Å². The fourth-order valence-corrected chi connectivity index (χ4v) is 3.57. The van der Waals surface area contributed by atoms with Gasteiger partial charge in [-0.15, -0.1) is 11.3 Å². The summed E-state index contributed by atoms with van der Waals surface area (Å²) in [6.45, 7) is 0. The Bertz CT molecular complexity index is 710. The van der Waals surface area contributed by atoms with Crippen LogP contribution in [0.2, 0.25) is 0 Å². The minimum absolute atomic E-state index is 0.0265. The van der Waals surface area contributed by atoms with Crippen LogP contribution in [0.4, 0.5) is 0 Å². The van der Waals surface area contributed by atoms with E-state index in [-0.39, 0.29) is 6.04 Å². The van der Waals surface area contributed by atoms with Gasteiger partial charge in [0.2, 0.25) is 0 Å². The Morgan fingerprint density at radius 2 is 1.95 bits per heavy atom. The van der Waals surface area contributed by atoms with Crippen molar-refractivity contribution in [3.05, 3.63) is 57.0 Å². The summed E-state index contributed by atoms with van der Waals surface area (Å²) in [5.41, 5.74) is 9.16. The number of hydrogen-bond donors (Lipinski definition) is 1. The van der Waals surface area contributed by atoms with Crippen molar-refractivity contribution >= 4 is 38.3 Å². The molecule has 19 heavy (non-hydrogen) atoms. The third-order valence-electron chi connectivity index (χ3n) is 3.02. The molecule has 0 fully saturated rings. The van der Waals surface area contributed by atoms with Crippen molar-refractivity contribution in [3.8, 4) is 0 Å². The summed E-state index contributed by atoms with van der Waals surface area (Å²) >= 11 is 5.26. The average Bonchev–Trinajstić information content (AvgIpc) is 2.84. The van der Waals surface area contributed by atoms with Crippen molar-refractivity contribution in [1.29, 1.82) is 0 Å². The highest BCUT2D eigenvalue weighted by molar-refractivity contribution is 9.10. The molecule has 3 rings (SSSR count). The highest BCUT2D eigenvalue weighted by Crippen LogP contribution is 2.27. The van der Waals surface area contributed by atoms with Crippen molar-refractivity contribution in [2.75, 3.05) is 0 Å². The largest absolute Gasteiger partial charge is 0.324 e. The standard InChI is InChI=1S/C14H12BrN3S/c15-10-3-6-19-14(10)8-11(16)9-1-2-12-13(7-9)18-5-4-17-12/h1-7,11H,8,16H2. The van der Waals surface area contributed by atoms with Crippen molar-refractivity contribution < 1.29 is 0 Å². The van der Waals surface area contributed by atoms with Gasteiger partial charge in [-0.3, -0.25) is 9.97 Å². The lowest BCUT2D eigenvalue weighted by molar-refractivity contribution is 0.729. The zero-order valence-corrected chi connectivity index (χ0v) is 12.5. The van der Waals surface area contributed by atoms with Gasteiger partial charge in [-0.05, 0) is 45.1 Å². The smallest absolute Gasteiger partial charge is 0.0890 e. The van der Waals surface area contributed by atoms with E-state index >= 15 is 0 Å². The molecule has 0 aliphatic rings. The third-order valence-corrected chi connectivity index (χ3v) is 4.97. The van der Waals surface area contributed by atoms with Crippen LogP contribution >= 0.6 is 27.3 Å². The van der Waals surface area contributed by atoms with Gasteiger partial charge in [0, 0.05) is 34.2 Å². The van der Waals surface area contributed by atoms with Crippen LogP contribution in [0.1, 0.15) is 16.5 Å². The summed E-state index contributed by atoms with van der Waals surface area (Å²) in [6.07, 6.45) is 4.22. The van der Waals surface area contributed by atoms with Gasteiger partial charge >= 0.3 is 0 Å². The molecule has 96 valence electrons. The van der Waals surface area contributed by atoms with Crippen LogP contribution in [0.3, 0.4) is 0 Å². The van der Waals surface area contributed by atoms with Gasteiger partial charge in [0.25, 0.3) is 0 Å². The van der Waals surface area contributed by atoms with Crippen molar-refractivity contribution in [2.45, 2.75) is 12.5 Å². The summed E-state index contributed by atoms with van der Waals surface area (Å²) in [5, 5.41) is 2.07. The van der Waals surface area contributed by atoms with Crippen LogP contribution in [-0.2, 0) is 6.42 Å². The fraction of sp³-hybridized carbons (Fsp3) is 0.143. The molecular weight excluding hydrogens is 322 g/mol. The van der Waals surface area contributed by atoms with Crippen LogP contribution in [0.25, 0.3) is 11.0 Å². The minimum atomic E-state index is -0.0265. The zero-order chi connectivity index (χ0) is 13.2. The molecule has 0 amide bonds. The molecule has 2 heterocycles. The number of rotatable bonds is 3. The molecule has 0 aliphatic carbocycles. The maximum absolute atomic E-state index is 6.28. The Kier molecular flexibility index (Phi) is 3.59. The predicted molar refractivity (Wildman–Crippen MR) is 82.2 cm³/mol. The number of halogens is 1. The predicted octanol–water partition coefficient (Wildman–Crippen LogP) is 3.70. The Hall–Kier alpha value is -1.30. The lowest BCUT2D eigenvalue weighted by Crippen LogP contribution is -2.12. The maximum atomic E-state index is 6.28. The SMILES string of the molecule is NC(Cc1sccc1Br)c1ccc2nccnc2c1. The second kappa shape index (κ2) is 5.36. The summed E-state index contributed by atoms with van der Waals surface area (Å²) in [7, 11) is 0. The van der Waals surface area contributed by atoms with Gasteiger partial charge in [0.05, 0.1) is 11.0 Å². The monoisotopic (exact) mass is 333 g/mol. The maximum Gasteiger partial charge on any atom is 0.0890 e. The van der Waals surface area contributed by atoms with Crippen LogP contribution in [0.15, 0.2) is 46.5 Å². The van der Waals surface area contributed by atoms with Crippen molar-refractivity contribution in [2.24, 2.45) is 5.73 Å². The Morgan fingerprint density at radius 3 is 2.68 bits per heavy atom.